The summed E-state index contributed by atoms with van der Waals surface area (Å²) in [5.74, 6) is -0.269. The molecule has 0 N–H and O–H groups in total. The second kappa shape index (κ2) is 6.64. The van der Waals surface area contributed by atoms with Crippen molar-refractivity contribution in [2.45, 2.75) is 44.6 Å². The maximum atomic E-state index is 12.5. The van der Waals surface area contributed by atoms with Crippen LogP contribution < -0.4 is 0 Å². The van der Waals surface area contributed by atoms with Crippen molar-refractivity contribution in [1.82, 2.24) is 24.8 Å². The molecule has 0 spiro atoms. The summed E-state index contributed by atoms with van der Waals surface area (Å²) >= 11 is 0. The molecule has 0 bridgehead atoms. The molecule has 1 fully saturated rings. The van der Waals surface area contributed by atoms with Crippen LogP contribution in [0.5, 0.6) is 0 Å². The minimum Gasteiger partial charge on any atom is -0.336 e. The second-order valence-corrected chi connectivity index (χ2v) is 5.66. The molecule has 1 unspecified atom stereocenters. The molecule has 0 aromatic carbocycles. The van der Waals surface area contributed by atoms with Gasteiger partial charge in [0.1, 0.15) is 0 Å². The molecule has 0 saturated carbocycles. The van der Waals surface area contributed by atoms with Gasteiger partial charge < -0.3 is 4.90 Å². The molecule has 2 atom stereocenters. The number of nitrogens with zero attached hydrogens (tertiary/aromatic N) is 5. The van der Waals surface area contributed by atoms with E-state index in [2.05, 4.69) is 10.3 Å². The fraction of sp³-hybridized carbons (Fsp3) is 0.769. The molecule has 9 heteroatoms. The number of aromatic nitrogens is 3. The Morgan fingerprint density at radius 2 is 2.23 bits per heavy atom. The van der Waals surface area contributed by atoms with Gasteiger partial charge in [-0.2, -0.15) is 13.2 Å². The Balaban J connectivity index is 1.97. The predicted octanol–water partition coefficient (Wildman–Crippen LogP) is 1.15. The van der Waals surface area contributed by atoms with E-state index in [9.17, 15) is 18.0 Å². The average Bonchev–Trinajstić information content (AvgIpc) is 3.07. The highest BCUT2D eigenvalue weighted by atomic mass is 19.4. The van der Waals surface area contributed by atoms with Crippen LogP contribution in [0.3, 0.4) is 0 Å². The number of hydrogen-bond donors (Lipinski definition) is 0. The Kier molecular flexibility index (Phi) is 5.05. The zero-order chi connectivity index (χ0) is 16.3. The molecule has 6 nitrogen and oxygen atoms in total. The highest BCUT2D eigenvalue weighted by molar-refractivity contribution is 5.82. The van der Waals surface area contributed by atoms with Gasteiger partial charge in [0.25, 0.3) is 0 Å². The molecule has 2 rings (SSSR count). The molecule has 1 aliphatic heterocycles. The first-order chi connectivity index (χ1) is 10.3. The zero-order valence-corrected chi connectivity index (χ0v) is 12.6. The monoisotopic (exact) mass is 319 g/mol. The van der Waals surface area contributed by atoms with Gasteiger partial charge in [0.2, 0.25) is 5.91 Å². The van der Waals surface area contributed by atoms with Gasteiger partial charge in [-0.3, -0.25) is 14.4 Å². The molecule has 1 aliphatic rings. The number of halogens is 3. The molecule has 0 aliphatic carbocycles. The molecule has 124 valence electrons. The fourth-order valence-electron chi connectivity index (χ4n) is 2.71. The van der Waals surface area contributed by atoms with Crippen molar-refractivity contribution < 1.29 is 18.0 Å². The minimum atomic E-state index is -4.31. The van der Waals surface area contributed by atoms with Crippen LogP contribution >= 0.6 is 0 Å². The third kappa shape index (κ3) is 4.19. The van der Waals surface area contributed by atoms with E-state index in [0.717, 1.165) is 17.7 Å². The third-order valence-electron chi connectivity index (χ3n) is 3.98. The van der Waals surface area contributed by atoms with Crippen molar-refractivity contribution in [2.24, 2.45) is 0 Å². The topological polar surface area (TPSA) is 54.3 Å². The van der Waals surface area contributed by atoms with Crippen molar-refractivity contribution in [3.8, 4) is 0 Å². The molecule has 2 heterocycles. The Labute approximate surface area is 126 Å². The number of likely N-dealkylation sites (N-methyl/N-ethyl adjacent to an activating group) is 1. The van der Waals surface area contributed by atoms with Crippen LogP contribution in [0, 0.1) is 0 Å². The summed E-state index contributed by atoms with van der Waals surface area (Å²) in [6.07, 6.45) is 0.623. The molecular weight excluding hydrogens is 299 g/mol. The SMILES string of the molecule is CC(C(=O)N1CCC[C@H]1Cn1ccnn1)N(C)CC(F)(F)F. The summed E-state index contributed by atoms with van der Waals surface area (Å²) in [4.78, 5) is 15.2. The Morgan fingerprint density at radius 3 is 2.82 bits per heavy atom. The lowest BCUT2D eigenvalue weighted by molar-refractivity contribution is -0.155. The smallest absolute Gasteiger partial charge is 0.336 e. The summed E-state index contributed by atoms with van der Waals surface area (Å²) in [5.41, 5.74) is 0. The molecule has 22 heavy (non-hydrogen) atoms. The lowest BCUT2D eigenvalue weighted by Crippen LogP contribution is -2.50. The van der Waals surface area contributed by atoms with Gasteiger partial charge in [-0.25, -0.2) is 0 Å². The number of amides is 1. The van der Waals surface area contributed by atoms with Crippen LogP contribution in [0.15, 0.2) is 12.4 Å². The van der Waals surface area contributed by atoms with Gasteiger partial charge in [0, 0.05) is 12.7 Å². The summed E-state index contributed by atoms with van der Waals surface area (Å²) in [6, 6.07) is -0.853. The first-order valence-corrected chi connectivity index (χ1v) is 7.19. The lowest BCUT2D eigenvalue weighted by atomic mass is 10.2. The summed E-state index contributed by atoms with van der Waals surface area (Å²) in [7, 11) is 1.32. The second-order valence-electron chi connectivity index (χ2n) is 5.66. The Morgan fingerprint density at radius 1 is 1.50 bits per heavy atom. The first kappa shape index (κ1) is 16.7. The number of rotatable bonds is 5. The van der Waals surface area contributed by atoms with Crippen molar-refractivity contribution in [3.63, 3.8) is 0 Å². The average molecular weight is 319 g/mol. The predicted molar refractivity (Wildman–Crippen MR) is 72.9 cm³/mol. The Hall–Kier alpha value is -1.64. The van der Waals surface area contributed by atoms with E-state index < -0.39 is 18.8 Å². The first-order valence-electron chi connectivity index (χ1n) is 7.19. The van der Waals surface area contributed by atoms with E-state index in [1.54, 1.807) is 22.0 Å². The van der Waals surface area contributed by atoms with Crippen LogP contribution in [0.1, 0.15) is 19.8 Å². The van der Waals surface area contributed by atoms with Crippen molar-refractivity contribution in [2.75, 3.05) is 20.1 Å². The molecule has 1 amide bonds. The van der Waals surface area contributed by atoms with Gasteiger partial charge in [0.05, 0.1) is 31.4 Å². The van der Waals surface area contributed by atoms with Crippen LogP contribution in [0.4, 0.5) is 13.2 Å². The minimum absolute atomic E-state index is 0.0454. The molecule has 1 saturated heterocycles. The number of hydrogen-bond acceptors (Lipinski definition) is 4. The normalized spacial score (nSPS) is 20.6. The van der Waals surface area contributed by atoms with Crippen LogP contribution in [-0.2, 0) is 11.3 Å². The third-order valence-corrected chi connectivity index (χ3v) is 3.98. The van der Waals surface area contributed by atoms with Gasteiger partial charge in [-0.15, -0.1) is 5.10 Å². The Bertz CT molecular complexity index is 490. The number of alkyl halides is 3. The molecule has 1 aromatic rings. The van der Waals surface area contributed by atoms with Crippen LogP contribution in [0.25, 0.3) is 0 Å². The van der Waals surface area contributed by atoms with Crippen LogP contribution in [0.2, 0.25) is 0 Å². The van der Waals surface area contributed by atoms with E-state index in [-0.39, 0.29) is 11.9 Å². The number of carbonyl (C=O) groups is 1. The van der Waals surface area contributed by atoms with E-state index in [1.165, 1.54) is 14.0 Å². The van der Waals surface area contributed by atoms with Gasteiger partial charge in [-0.1, -0.05) is 5.21 Å². The quantitative estimate of drug-likeness (QED) is 0.817. The highest BCUT2D eigenvalue weighted by Crippen LogP contribution is 2.22. The number of likely N-dealkylation sites (tertiary alicyclic amines) is 1. The lowest BCUT2D eigenvalue weighted by Gasteiger charge is -2.31. The van der Waals surface area contributed by atoms with Crippen molar-refractivity contribution in [1.29, 1.82) is 0 Å². The number of carbonyl (C=O) groups excluding carboxylic acids is 1. The van der Waals surface area contributed by atoms with E-state index in [1.807, 2.05) is 0 Å². The van der Waals surface area contributed by atoms with Gasteiger partial charge >= 0.3 is 6.18 Å². The highest BCUT2D eigenvalue weighted by Gasteiger charge is 2.37. The van der Waals surface area contributed by atoms with E-state index in [0.29, 0.717) is 13.1 Å². The summed E-state index contributed by atoms with van der Waals surface area (Å²) in [6.45, 7) is 1.50. The van der Waals surface area contributed by atoms with Crippen molar-refractivity contribution in [3.05, 3.63) is 12.4 Å². The van der Waals surface area contributed by atoms with Crippen molar-refractivity contribution >= 4 is 5.91 Å². The van der Waals surface area contributed by atoms with Crippen LogP contribution in [-0.4, -0.2) is 69.1 Å². The van der Waals surface area contributed by atoms with Gasteiger partial charge in [0.15, 0.2) is 0 Å². The van der Waals surface area contributed by atoms with E-state index >= 15 is 0 Å². The van der Waals surface area contributed by atoms with E-state index in [4.69, 9.17) is 0 Å². The van der Waals surface area contributed by atoms with Gasteiger partial charge in [-0.05, 0) is 26.8 Å². The molecule has 1 aromatic heterocycles. The zero-order valence-electron chi connectivity index (χ0n) is 12.6. The summed E-state index contributed by atoms with van der Waals surface area (Å²) < 4.78 is 39.0. The standard InChI is InChI=1S/C13H20F3N5O/c1-10(19(2)9-13(14,15)16)12(22)21-6-3-4-11(21)8-20-7-5-17-18-20/h5,7,10-11H,3-4,6,8-9H2,1-2H3/t10?,11-/m0/s1. The maximum absolute atomic E-state index is 12.5. The molecule has 0 radical (unpaired) electrons. The fourth-order valence-corrected chi connectivity index (χ4v) is 2.71. The summed E-state index contributed by atoms with van der Waals surface area (Å²) in [5, 5.41) is 7.59. The maximum Gasteiger partial charge on any atom is 0.401 e. The molecular formula is C13H20F3N5O. The largest absolute Gasteiger partial charge is 0.401 e.